The van der Waals surface area contributed by atoms with E-state index in [1.54, 1.807) is 0 Å². The first-order chi connectivity index (χ1) is 10.1. The van der Waals surface area contributed by atoms with Crippen LogP contribution in [0.4, 0.5) is 11.4 Å². The Morgan fingerprint density at radius 1 is 1.00 bits per heavy atom. The maximum absolute atomic E-state index is 12.0. The van der Waals surface area contributed by atoms with Gasteiger partial charge in [0.15, 0.2) is 0 Å². The predicted molar refractivity (Wildman–Crippen MR) is 88.8 cm³/mol. The van der Waals surface area contributed by atoms with Gasteiger partial charge in [-0.1, -0.05) is 35.9 Å². The SMILES string of the molecule is Cc1cc(C)c(NC(=O)CCNc2ccccc2)c(C)c1. The molecule has 2 N–H and O–H groups in total. The summed E-state index contributed by atoms with van der Waals surface area (Å²) in [5.41, 5.74) is 5.40. The molecule has 0 heterocycles. The smallest absolute Gasteiger partial charge is 0.226 e. The molecule has 0 spiro atoms. The minimum atomic E-state index is 0.0356. The number of anilines is 2. The number of hydrogen-bond donors (Lipinski definition) is 2. The van der Waals surface area contributed by atoms with E-state index in [2.05, 4.69) is 29.7 Å². The van der Waals surface area contributed by atoms with E-state index in [1.807, 2.05) is 44.2 Å². The van der Waals surface area contributed by atoms with Crippen molar-refractivity contribution in [2.24, 2.45) is 0 Å². The van der Waals surface area contributed by atoms with Crippen LogP contribution >= 0.6 is 0 Å². The van der Waals surface area contributed by atoms with E-state index >= 15 is 0 Å². The molecule has 3 nitrogen and oxygen atoms in total. The van der Waals surface area contributed by atoms with Crippen LogP contribution in [-0.4, -0.2) is 12.5 Å². The van der Waals surface area contributed by atoms with Crippen LogP contribution in [0, 0.1) is 20.8 Å². The quantitative estimate of drug-likeness (QED) is 0.868. The summed E-state index contributed by atoms with van der Waals surface area (Å²) in [5, 5.41) is 6.25. The van der Waals surface area contributed by atoms with Crippen LogP contribution in [0.1, 0.15) is 23.1 Å². The maximum atomic E-state index is 12.0. The van der Waals surface area contributed by atoms with E-state index < -0.39 is 0 Å². The summed E-state index contributed by atoms with van der Waals surface area (Å²) in [7, 11) is 0. The minimum absolute atomic E-state index is 0.0356. The second kappa shape index (κ2) is 6.93. The number of para-hydroxylation sites is 1. The van der Waals surface area contributed by atoms with E-state index in [-0.39, 0.29) is 5.91 Å². The molecule has 0 bridgehead atoms. The number of nitrogens with one attached hydrogen (secondary N) is 2. The Balaban J connectivity index is 1.88. The highest BCUT2D eigenvalue weighted by Gasteiger charge is 2.08. The molecule has 2 rings (SSSR count). The lowest BCUT2D eigenvalue weighted by molar-refractivity contribution is -0.115. The van der Waals surface area contributed by atoms with Gasteiger partial charge in [-0.2, -0.15) is 0 Å². The Hall–Kier alpha value is -2.29. The highest BCUT2D eigenvalue weighted by atomic mass is 16.1. The molecule has 0 aliphatic rings. The highest BCUT2D eigenvalue weighted by Crippen LogP contribution is 2.22. The van der Waals surface area contributed by atoms with Gasteiger partial charge in [0, 0.05) is 24.3 Å². The molecule has 0 saturated heterocycles. The Morgan fingerprint density at radius 3 is 2.24 bits per heavy atom. The van der Waals surface area contributed by atoms with Crippen molar-refractivity contribution >= 4 is 17.3 Å². The number of hydrogen-bond acceptors (Lipinski definition) is 2. The Labute approximate surface area is 126 Å². The molecule has 110 valence electrons. The second-order valence-corrected chi connectivity index (χ2v) is 5.36. The van der Waals surface area contributed by atoms with Crippen molar-refractivity contribution in [1.29, 1.82) is 0 Å². The van der Waals surface area contributed by atoms with E-state index in [0.717, 1.165) is 22.5 Å². The number of rotatable bonds is 5. The van der Waals surface area contributed by atoms with Crippen LogP contribution in [0.25, 0.3) is 0 Å². The number of carbonyl (C=O) groups excluding carboxylic acids is 1. The van der Waals surface area contributed by atoms with Crippen LogP contribution < -0.4 is 10.6 Å². The molecule has 0 aliphatic carbocycles. The van der Waals surface area contributed by atoms with Crippen molar-refractivity contribution in [2.75, 3.05) is 17.2 Å². The van der Waals surface area contributed by atoms with Crippen LogP contribution in [0.2, 0.25) is 0 Å². The van der Waals surface area contributed by atoms with Crippen molar-refractivity contribution in [2.45, 2.75) is 27.2 Å². The molecular formula is C18H22N2O. The summed E-state index contributed by atoms with van der Waals surface area (Å²) in [6, 6.07) is 14.1. The van der Waals surface area contributed by atoms with Crippen LogP contribution in [0.3, 0.4) is 0 Å². The molecule has 1 amide bonds. The van der Waals surface area contributed by atoms with E-state index in [0.29, 0.717) is 13.0 Å². The minimum Gasteiger partial charge on any atom is -0.385 e. The van der Waals surface area contributed by atoms with Gasteiger partial charge in [0.05, 0.1) is 0 Å². The average molecular weight is 282 g/mol. The number of benzene rings is 2. The summed E-state index contributed by atoms with van der Waals surface area (Å²) in [4.78, 5) is 12.0. The summed E-state index contributed by atoms with van der Waals surface area (Å²) in [5.74, 6) is 0.0356. The van der Waals surface area contributed by atoms with Gasteiger partial charge in [0.2, 0.25) is 5.91 Å². The molecular weight excluding hydrogens is 260 g/mol. The van der Waals surface area contributed by atoms with E-state index in [9.17, 15) is 4.79 Å². The van der Waals surface area contributed by atoms with E-state index in [4.69, 9.17) is 0 Å². The van der Waals surface area contributed by atoms with Gasteiger partial charge in [-0.3, -0.25) is 4.79 Å². The summed E-state index contributed by atoms with van der Waals surface area (Å²) in [6.07, 6.45) is 0.446. The Kier molecular flexibility index (Phi) is 4.99. The van der Waals surface area contributed by atoms with Crippen molar-refractivity contribution < 1.29 is 4.79 Å². The van der Waals surface area contributed by atoms with Crippen molar-refractivity contribution in [3.05, 3.63) is 59.2 Å². The molecule has 0 aromatic heterocycles. The molecule has 0 aliphatic heterocycles. The fourth-order valence-corrected chi connectivity index (χ4v) is 2.46. The zero-order valence-corrected chi connectivity index (χ0v) is 12.9. The summed E-state index contributed by atoms with van der Waals surface area (Å²) >= 11 is 0. The molecule has 0 saturated carbocycles. The van der Waals surface area contributed by atoms with Gasteiger partial charge in [-0.15, -0.1) is 0 Å². The first-order valence-corrected chi connectivity index (χ1v) is 7.23. The van der Waals surface area contributed by atoms with Crippen LogP contribution in [-0.2, 0) is 4.79 Å². The maximum Gasteiger partial charge on any atom is 0.226 e. The zero-order valence-electron chi connectivity index (χ0n) is 12.9. The number of carbonyl (C=O) groups is 1. The first kappa shape index (κ1) is 15.1. The monoisotopic (exact) mass is 282 g/mol. The molecule has 3 heteroatoms. The molecule has 0 unspecified atom stereocenters. The third-order valence-corrected chi connectivity index (χ3v) is 3.40. The predicted octanol–water partition coefficient (Wildman–Crippen LogP) is 4.05. The van der Waals surface area contributed by atoms with Gasteiger partial charge in [-0.05, 0) is 44.0 Å². The molecule has 21 heavy (non-hydrogen) atoms. The van der Waals surface area contributed by atoms with Crippen LogP contribution in [0.5, 0.6) is 0 Å². The highest BCUT2D eigenvalue weighted by molar-refractivity contribution is 5.92. The van der Waals surface area contributed by atoms with Crippen molar-refractivity contribution in [3.8, 4) is 0 Å². The first-order valence-electron chi connectivity index (χ1n) is 7.23. The lowest BCUT2D eigenvalue weighted by Crippen LogP contribution is -2.17. The number of aryl methyl sites for hydroxylation is 3. The van der Waals surface area contributed by atoms with Gasteiger partial charge in [0.1, 0.15) is 0 Å². The third kappa shape index (κ3) is 4.35. The molecule has 2 aromatic carbocycles. The Morgan fingerprint density at radius 2 is 1.62 bits per heavy atom. The van der Waals surface area contributed by atoms with Crippen LogP contribution in [0.15, 0.2) is 42.5 Å². The van der Waals surface area contributed by atoms with Gasteiger partial charge in [0.25, 0.3) is 0 Å². The third-order valence-electron chi connectivity index (χ3n) is 3.40. The second-order valence-electron chi connectivity index (χ2n) is 5.36. The fourth-order valence-electron chi connectivity index (χ4n) is 2.46. The summed E-state index contributed by atoms with van der Waals surface area (Å²) < 4.78 is 0. The average Bonchev–Trinajstić information content (AvgIpc) is 2.44. The lowest BCUT2D eigenvalue weighted by atomic mass is 10.1. The normalized spacial score (nSPS) is 10.2. The van der Waals surface area contributed by atoms with Gasteiger partial charge in [-0.25, -0.2) is 0 Å². The van der Waals surface area contributed by atoms with Gasteiger partial charge >= 0.3 is 0 Å². The lowest BCUT2D eigenvalue weighted by Gasteiger charge is -2.13. The Bertz CT molecular complexity index is 597. The molecule has 0 radical (unpaired) electrons. The standard InChI is InChI=1S/C18H22N2O/c1-13-11-14(2)18(15(3)12-13)20-17(21)9-10-19-16-7-5-4-6-8-16/h4-8,11-12,19H,9-10H2,1-3H3,(H,20,21). The van der Waals surface area contributed by atoms with E-state index in [1.165, 1.54) is 5.56 Å². The molecule has 0 fully saturated rings. The number of amides is 1. The van der Waals surface area contributed by atoms with Crippen molar-refractivity contribution in [1.82, 2.24) is 0 Å². The van der Waals surface area contributed by atoms with Crippen molar-refractivity contribution in [3.63, 3.8) is 0 Å². The van der Waals surface area contributed by atoms with Gasteiger partial charge < -0.3 is 10.6 Å². The topological polar surface area (TPSA) is 41.1 Å². The zero-order chi connectivity index (χ0) is 15.2. The largest absolute Gasteiger partial charge is 0.385 e. The fraction of sp³-hybridized carbons (Fsp3) is 0.278. The summed E-state index contributed by atoms with van der Waals surface area (Å²) in [6.45, 7) is 6.74. The molecule has 0 atom stereocenters. The molecule has 2 aromatic rings.